The summed E-state index contributed by atoms with van der Waals surface area (Å²) in [5, 5.41) is 4.25. The number of halogens is 1. The van der Waals surface area contributed by atoms with Crippen LogP contribution in [0.3, 0.4) is 0 Å². The van der Waals surface area contributed by atoms with Crippen LogP contribution in [-0.4, -0.2) is 19.9 Å². The van der Waals surface area contributed by atoms with E-state index in [0.29, 0.717) is 35.0 Å². The highest BCUT2D eigenvalue weighted by molar-refractivity contribution is 6.32. The minimum atomic E-state index is 0.277. The highest BCUT2D eigenvalue weighted by Crippen LogP contribution is 2.49. The Bertz CT molecular complexity index is 1250. The molecule has 1 aliphatic heterocycles. The van der Waals surface area contributed by atoms with Gasteiger partial charge in [0.15, 0.2) is 11.5 Å². The normalized spacial score (nSPS) is 20.5. The molecule has 0 bridgehead atoms. The summed E-state index contributed by atoms with van der Waals surface area (Å²) in [6.07, 6.45) is 9.22. The first-order valence-electron chi connectivity index (χ1n) is 11.5. The number of aliphatic imine (C=N–C) groups is 1. The summed E-state index contributed by atoms with van der Waals surface area (Å²) in [5.41, 5.74) is 5.62. The van der Waals surface area contributed by atoms with Crippen LogP contribution in [0.4, 0.5) is 11.4 Å². The van der Waals surface area contributed by atoms with Gasteiger partial charge in [-0.05, 0) is 59.4 Å². The molecule has 0 saturated carbocycles. The van der Waals surface area contributed by atoms with Gasteiger partial charge in [0, 0.05) is 17.8 Å². The molecule has 1 aliphatic carbocycles. The second-order valence-corrected chi connectivity index (χ2v) is 8.95. The molecule has 3 aromatic carbocycles. The maximum Gasteiger partial charge on any atom is 0.180 e. The lowest BCUT2D eigenvalue weighted by Gasteiger charge is -2.37. The fraction of sp³-hybridized carbons (Fsp3) is 0.207. The third-order valence-corrected chi connectivity index (χ3v) is 6.76. The molecule has 0 unspecified atom stereocenters. The molecule has 0 saturated heterocycles. The number of nitrogens with one attached hydrogen (secondary N) is 1. The van der Waals surface area contributed by atoms with Crippen LogP contribution in [0.2, 0.25) is 5.02 Å². The Hall–Kier alpha value is -3.50. The Morgan fingerprint density at radius 1 is 1.15 bits per heavy atom. The largest absolute Gasteiger partial charge is 0.493 e. The second kappa shape index (κ2) is 9.78. The van der Waals surface area contributed by atoms with Crippen molar-refractivity contribution >= 4 is 29.2 Å². The topological polar surface area (TPSA) is 42.8 Å². The van der Waals surface area contributed by atoms with Crippen molar-refractivity contribution < 1.29 is 9.47 Å². The molecule has 3 aromatic rings. The SMILES string of the molecule is C=CCOc1c(Cl)cc(C=Nc2ccc([C@@H]3Nc4ccccc4[C@@H]4C=CC[C@H]43)cc2)cc1OC. The van der Waals surface area contributed by atoms with Gasteiger partial charge < -0.3 is 14.8 Å². The number of para-hydroxylation sites is 1. The molecule has 5 heteroatoms. The van der Waals surface area contributed by atoms with Crippen molar-refractivity contribution in [3.05, 3.63) is 107 Å². The number of allylic oxidation sites excluding steroid dienone is 2. The monoisotopic (exact) mass is 470 g/mol. The van der Waals surface area contributed by atoms with Crippen molar-refractivity contribution in [3.8, 4) is 11.5 Å². The molecule has 0 fully saturated rings. The first kappa shape index (κ1) is 22.3. The van der Waals surface area contributed by atoms with Gasteiger partial charge in [0.25, 0.3) is 0 Å². The quantitative estimate of drug-likeness (QED) is 0.287. The highest BCUT2D eigenvalue weighted by Gasteiger charge is 2.37. The third-order valence-electron chi connectivity index (χ3n) is 6.48. The van der Waals surface area contributed by atoms with Gasteiger partial charge in [-0.2, -0.15) is 0 Å². The van der Waals surface area contributed by atoms with Gasteiger partial charge >= 0.3 is 0 Å². The van der Waals surface area contributed by atoms with E-state index >= 15 is 0 Å². The van der Waals surface area contributed by atoms with Crippen molar-refractivity contribution in [3.63, 3.8) is 0 Å². The smallest absolute Gasteiger partial charge is 0.180 e. The van der Waals surface area contributed by atoms with Crippen molar-refractivity contribution in [2.24, 2.45) is 10.9 Å². The van der Waals surface area contributed by atoms with Crippen molar-refractivity contribution in [2.75, 3.05) is 19.0 Å². The third kappa shape index (κ3) is 4.34. The average molecular weight is 471 g/mol. The Balaban J connectivity index is 1.34. The number of fused-ring (bicyclic) bond motifs is 3. The summed E-state index contributed by atoms with van der Waals surface area (Å²) in [6.45, 7) is 4.02. The second-order valence-electron chi connectivity index (χ2n) is 8.55. The maximum absolute atomic E-state index is 6.40. The Morgan fingerprint density at radius 2 is 1.97 bits per heavy atom. The van der Waals surface area contributed by atoms with Crippen molar-refractivity contribution in [1.29, 1.82) is 0 Å². The number of methoxy groups -OCH3 is 1. The van der Waals surface area contributed by atoms with E-state index in [4.69, 9.17) is 21.1 Å². The maximum atomic E-state index is 6.40. The van der Waals surface area contributed by atoms with Gasteiger partial charge in [-0.3, -0.25) is 4.99 Å². The molecule has 0 radical (unpaired) electrons. The number of ether oxygens (including phenoxy) is 2. The van der Waals surface area contributed by atoms with Crippen LogP contribution in [0.25, 0.3) is 0 Å². The van der Waals surface area contributed by atoms with Gasteiger partial charge in [0.1, 0.15) is 6.61 Å². The zero-order valence-corrected chi connectivity index (χ0v) is 19.8. The molecular weight excluding hydrogens is 444 g/mol. The van der Waals surface area contributed by atoms with Crippen LogP contribution < -0.4 is 14.8 Å². The minimum Gasteiger partial charge on any atom is -0.493 e. The van der Waals surface area contributed by atoms with Crippen LogP contribution >= 0.6 is 11.6 Å². The van der Waals surface area contributed by atoms with E-state index in [1.807, 2.05) is 12.1 Å². The van der Waals surface area contributed by atoms with E-state index in [2.05, 4.69) is 77.6 Å². The van der Waals surface area contributed by atoms with E-state index in [-0.39, 0.29) is 6.04 Å². The Labute approximate surface area is 205 Å². The van der Waals surface area contributed by atoms with E-state index in [1.54, 1.807) is 19.4 Å². The Kier molecular flexibility index (Phi) is 6.41. The molecule has 34 heavy (non-hydrogen) atoms. The number of hydrogen-bond donors (Lipinski definition) is 1. The van der Waals surface area contributed by atoms with Crippen molar-refractivity contribution in [2.45, 2.75) is 18.4 Å². The van der Waals surface area contributed by atoms with Crippen LogP contribution in [0.5, 0.6) is 11.5 Å². The number of anilines is 1. The predicted octanol–water partition coefficient (Wildman–Crippen LogP) is 7.49. The first-order valence-corrected chi connectivity index (χ1v) is 11.8. The fourth-order valence-corrected chi connectivity index (χ4v) is 5.16. The number of benzene rings is 3. The summed E-state index contributed by atoms with van der Waals surface area (Å²) in [6, 6.07) is 21.1. The summed E-state index contributed by atoms with van der Waals surface area (Å²) in [7, 11) is 1.59. The molecule has 2 aliphatic rings. The van der Waals surface area contributed by atoms with Gasteiger partial charge in [0.05, 0.1) is 23.9 Å². The zero-order chi connectivity index (χ0) is 23.5. The number of hydrogen-bond acceptors (Lipinski definition) is 4. The van der Waals surface area contributed by atoms with Crippen LogP contribution in [0.1, 0.15) is 35.1 Å². The lowest BCUT2D eigenvalue weighted by atomic mass is 9.77. The summed E-state index contributed by atoms with van der Waals surface area (Å²) in [5.74, 6) is 2.07. The van der Waals surface area contributed by atoms with E-state index < -0.39 is 0 Å². The van der Waals surface area contributed by atoms with Gasteiger partial charge in [-0.1, -0.05) is 66.7 Å². The highest BCUT2D eigenvalue weighted by atomic mass is 35.5. The van der Waals surface area contributed by atoms with E-state index in [0.717, 1.165) is 17.7 Å². The minimum absolute atomic E-state index is 0.277. The molecule has 0 amide bonds. The molecule has 5 rings (SSSR count). The van der Waals surface area contributed by atoms with Crippen LogP contribution in [0.15, 0.2) is 90.5 Å². The van der Waals surface area contributed by atoms with Crippen LogP contribution in [-0.2, 0) is 0 Å². The van der Waals surface area contributed by atoms with Gasteiger partial charge in [-0.15, -0.1) is 0 Å². The van der Waals surface area contributed by atoms with Crippen LogP contribution in [0, 0.1) is 5.92 Å². The Morgan fingerprint density at radius 3 is 2.76 bits per heavy atom. The van der Waals surface area contributed by atoms with E-state index in [9.17, 15) is 0 Å². The molecule has 3 atom stereocenters. The molecule has 172 valence electrons. The molecular formula is C29H27ClN2O2. The lowest BCUT2D eigenvalue weighted by Crippen LogP contribution is -2.28. The number of nitrogens with zero attached hydrogens (tertiary/aromatic N) is 1. The zero-order valence-electron chi connectivity index (χ0n) is 19.1. The molecule has 0 aromatic heterocycles. The molecule has 1 heterocycles. The molecule has 4 nitrogen and oxygen atoms in total. The van der Waals surface area contributed by atoms with Crippen molar-refractivity contribution in [1.82, 2.24) is 0 Å². The predicted molar refractivity (Wildman–Crippen MR) is 140 cm³/mol. The van der Waals surface area contributed by atoms with Gasteiger partial charge in [0.2, 0.25) is 0 Å². The number of rotatable bonds is 7. The molecule has 0 spiro atoms. The fourth-order valence-electron chi connectivity index (χ4n) is 4.89. The van der Waals surface area contributed by atoms with E-state index in [1.165, 1.54) is 16.8 Å². The summed E-state index contributed by atoms with van der Waals surface area (Å²) >= 11 is 6.40. The molecule has 1 N–H and O–H groups in total. The average Bonchev–Trinajstić information content (AvgIpc) is 3.37. The summed E-state index contributed by atoms with van der Waals surface area (Å²) in [4.78, 5) is 4.64. The standard InChI is InChI=1S/C29H27ClN2O2/c1-3-15-34-29-25(30)16-19(17-27(29)33-2)18-31-21-13-11-20(12-14-21)28-24-9-6-8-22(24)23-7-4-5-10-26(23)32-28/h3-8,10-14,16-18,22,24,28,32H,1,9,15H2,2H3/t22-,24+,28-/m0/s1. The van der Waals surface area contributed by atoms with Gasteiger partial charge in [-0.25, -0.2) is 0 Å². The summed E-state index contributed by atoms with van der Waals surface area (Å²) < 4.78 is 11.1. The lowest BCUT2D eigenvalue weighted by molar-refractivity contribution is 0.326. The first-order chi connectivity index (χ1) is 16.7.